The van der Waals surface area contributed by atoms with Crippen LogP contribution >= 0.6 is 0 Å². The summed E-state index contributed by atoms with van der Waals surface area (Å²) in [6.07, 6.45) is 7.99. The van der Waals surface area contributed by atoms with Crippen LogP contribution in [0.5, 0.6) is 0 Å². The first-order valence-corrected chi connectivity index (χ1v) is 20.8. The zero-order chi connectivity index (χ0) is 36.8. The molecule has 14 atom stereocenters. The molecule has 7 aliphatic rings. The largest absolute Gasteiger partial charge is 0.390 e. The number of likely N-dealkylation sites (N-methyl/N-ethyl adjacent to an activating group) is 1. The molecule has 2 aliphatic heterocycles. The van der Waals surface area contributed by atoms with Crippen molar-refractivity contribution >= 4 is 0 Å². The molecule has 51 heavy (non-hydrogen) atoms. The Kier molecular flexibility index (Phi) is 10.4. The van der Waals surface area contributed by atoms with Gasteiger partial charge in [0.15, 0.2) is 6.29 Å². The molecular formula is C42H74N2O7. The molecule has 9 heteroatoms. The normalized spacial score (nSPS) is 48.3. The van der Waals surface area contributed by atoms with E-state index in [4.69, 9.17) is 23.7 Å². The van der Waals surface area contributed by atoms with Crippen molar-refractivity contribution in [1.29, 1.82) is 0 Å². The number of hydrogen-bond acceptors (Lipinski definition) is 9. The fourth-order valence-electron chi connectivity index (χ4n) is 14.5. The lowest BCUT2D eigenvalue weighted by Gasteiger charge is -2.64. The number of aliphatic hydroxyl groups excluding tert-OH is 1. The van der Waals surface area contributed by atoms with Gasteiger partial charge in [-0.2, -0.15) is 0 Å². The fourth-order valence-corrected chi connectivity index (χ4v) is 14.5. The standard InChI is InChI=1S/C42H74N2O7/c1-11-48-36(38(5,6)46)28-24-27(2)33-34(50-28)35(45)40(8)30-13-12-29-37(3,4)31(14-15-41(29)26-42(30,41)17-16-39(33,40)7)51-32-25-44(21-23-49-32)19-18-43(9)20-22-47-10/h27-36,45-46H,11-26H2,1-10H3/t27-,28-,29+,30+,31+,32+,33+,34+,35+,36+,39-,40-,41-,42+/m1/s1. The fraction of sp³-hybridized carbons (Fsp3) is 1.00. The van der Waals surface area contributed by atoms with E-state index < -0.39 is 17.8 Å². The number of aliphatic hydroxyl groups is 2. The van der Waals surface area contributed by atoms with Crippen LogP contribution in [0.3, 0.4) is 0 Å². The topological polar surface area (TPSA) is 93.1 Å². The lowest BCUT2D eigenvalue weighted by Crippen LogP contribution is -2.60. The van der Waals surface area contributed by atoms with Crippen molar-refractivity contribution in [3.8, 4) is 0 Å². The van der Waals surface area contributed by atoms with Crippen molar-refractivity contribution < 1.29 is 33.9 Å². The third-order valence-corrected chi connectivity index (χ3v) is 17.1. The summed E-state index contributed by atoms with van der Waals surface area (Å²) in [7, 11) is 3.93. The molecule has 7 rings (SSSR count). The number of rotatable bonds is 12. The molecule has 2 spiro atoms. The highest BCUT2D eigenvalue weighted by Crippen LogP contribution is 2.89. The highest BCUT2D eigenvalue weighted by atomic mass is 16.7. The van der Waals surface area contributed by atoms with Gasteiger partial charge in [0.05, 0.1) is 43.2 Å². The molecule has 0 bridgehead atoms. The predicted octanol–water partition coefficient (Wildman–Crippen LogP) is 5.60. The average molecular weight is 719 g/mol. The van der Waals surface area contributed by atoms with Gasteiger partial charge in [0.25, 0.3) is 0 Å². The molecule has 5 aliphatic carbocycles. The van der Waals surface area contributed by atoms with E-state index in [-0.39, 0.29) is 40.8 Å². The van der Waals surface area contributed by atoms with Gasteiger partial charge in [-0.3, -0.25) is 4.90 Å². The molecule has 0 unspecified atom stereocenters. The first-order chi connectivity index (χ1) is 24.0. The zero-order valence-electron chi connectivity index (χ0n) is 33.9. The molecule has 0 aromatic rings. The van der Waals surface area contributed by atoms with Gasteiger partial charge in [0.1, 0.15) is 6.10 Å². The molecule has 2 heterocycles. The summed E-state index contributed by atoms with van der Waals surface area (Å²) in [4.78, 5) is 4.85. The minimum absolute atomic E-state index is 0.0163. The van der Waals surface area contributed by atoms with E-state index in [1.165, 1.54) is 32.1 Å². The van der Waals surface area contributed by atoms with E-state index in [1.807, 2.05) is 20.8 Å². The monoisotopic (exact) mass is 719 g/mol. The van der Waals surface area contributed by atoms with Crippen LogP contribution in [0.25, 0.3) is 0 Å². The molecular weight excluding hydrogens is 644 g/mol. The van der Waals surface area contributed by atoms with E-state index in [2.05, 4.69) is 51.5 Å². The third kappa shape index (κ3) is 5.95. The van der Waals surface area contributed by atoms with Crippen molar-refractivity contribution in [1.82, 2.24) is 9.80 Å². The second-order valence-electron chi connectivity index (χ2n) is 20.1. The predicted molar refractivity (Wildman–Crippen MR) is 198 cm³/mol. The summed E-state index contributed by atoms with van der Waals surface area (Å²) >= 11 is 0. The van der Waals surface area contributed by atoms with Crippen molar-refractivity contribution in [2.75, 3.05) is 66.7 Å². The number of methoxy groups -OCH3 is 1. The van der Waals surface area contributed by atoms with E-state index in [0.717, 1.165) is 65.2 Å². The SMILES string of the molecule is CCO[C@@H]([C@H]1C[C@@H](C)[C@H]2[C@H](O1)[C@H](O)[C@@]1(C)[C@@H]3CC[C@H]4C(C)(C)[C@@H](O[C@H]5CN(CCN(C)CCOC)CCO5)CC[C@@]45C[C@@]35CC[C@]21C)C(C)(C)O. The first kappa shape index (κ1) is 38.9. The molecule has 9 nitrogen and oxygen atoms in total. The van der Waals surface area contributed by atoms with Crippen molar-refractivity contribution in [2.45, 2.75) is 149 Å². The highest BCUT2D eigenvalue weighted by molar-refractivity contribution is 5.33. The Balaban J connectivity index is 1.05. The number of hydrogen-bond donors (Lipinski definition) is 2. The second kappa shape index (κ2) is 13.7. The first-order valence-electron chi connectivity index (χ1n) is 20.8. The summed E-state index contributed by atoms with van der Waals surface area (Å²) in [6.45, 7) is 24.8. The number of fused-ring (bicyclic) bond motifs is 4. The molecule has 0 amide bonds. The maximum atomic E-state index is 12.6. The van der Waals surface area contributed by atoms with Gasteiger partial charge >= 0.3 is 0 Å². The summed E-state index contributed by atoms with van der Waals surface area (Å²) in [5.74, 6) is 1.82. The van der Waals surface area contributed by atoms with Gasteiger partial charge < -0.3 is 38.8 Å². The van der Waals surface area contributed by atoms with E-state index in [9.17, 15) is 10.2 Å². The van der Waals surface area contributed by atoms with Crippen LogP contribution in [0.15, 0.2) is 0 Å². The number of nitrogens with zero attached hydrogens (tertiary/aromatic N) is 2. The van der Waals surface area contributed by atoms with Gasteiger partial charge in [-0.1, -0.05) is 34.6 Å². The summed E-state index contributed by atoms with van der Waals surface area (Å²) in [6, 6.07) is 0. The zero-order valence-corrected chi connectivity index (χ0v) is 33.9. The van der Waals surface area contributed by atoms with E-state index >= 15 is 0 Å². The molecule has 2 saturated heterocycles. The number of ether oxygens (including phenoxy) is 5. The second-order valence-corrected chi connectivity index (χ2v) is 20.1. The quantitative estimate of drug-likeness (QED) is 0.268. The number of morpholine rings is 1. The van der Waals surface area contributed by atoms with Crippen LogP contribution in [0, 0.1) is 50.7 Å². The lowest BCUT2D eigenvalue weighted by atomic mass is 9.41. The van der Waals surface area contributed by atoms with Crippen LogP contribution in [0.1, 0.15) is 107 Å². The molecule has 7 fully saturated rings. The Morgan fingerprint density at radius 1 is 1.02 bits per heavy atom. The molecule has 294 valence electrons. The summed E-state index contributed by atoms with van der Waals surface area (Å²) in [5, 5.41) is 23.7. The Bertz CT molecular complexity index is 1240. The van der Waals surface area contributed by atoms with Crippen LogP contribution in [0.4, 0.5) is 0 Å². The van der Waals surface area contributed by atoms with Crippen molar-refractivity contribution in [2.24, 2.45) is 50.7 Å². The van der Waals surface area contributed by atoms with Gasteiger partial charge in [0.2, 0.25) is 0 Å². The Morgan fingerprint density at radius 3 is 2.45 bits per heavy atom. The molecule has 0 aromatic carbocycles. The van der Waals surface area contributed by atoms with Crippen molar-refractivity contribution in [3.63, 3.8) is 0 Å². The maximum Gasteiger partial charge on any atom is 0.170 e. The van der Waals surface area contributed by atoms with Crippen LogP contribution in [-0.2, 0) is 23.7 Å². The smallest absolute Gasteiger partial charge is 0.170 e. The highest BCUT2D eigenvalue weighted by Gasteiger charge is 2.84. The minimum Gasteiger partial charge on any atom is -0.390 e. The molecule has 5 saturated carbocycles. The Hall–Kier alpha value is -0.360. The molecule has 0 radical (unpaired) electrons. The Morgan fingerprint density at radius 2 is 1.75 bits per heavy atom. The van der Waals surface area contributed by atoms with Gasteiger partial charge in [-0.25, -0.2) is 0 Å². The van der Waals surface area contributed by atoms with Gasteiger partial charge in [-0.05, 0) is 125 Å². The molecule has 2 N–H and O–H groups in total. The summed E-state index contributed by atoms with van der Waals surface area (Å²) < 4.78 is 31.6. The lowest BCUT2D eigenvalue weighted by molar-refractivity contribution is -0.249. The van der Waals surface area contributed by atoms with Crippen molar-refractivity contribution in [3.05, 3.63) is 0 Å². The van der Waals surface area contributed by atoms with Crippen LogP contribution in [0.2, 0.25) is 0 Å². The average Bonchev–Trinajstić information content (AvgIpc) is 3.71. The van der Waals surface area contributed by atoms with E-state index in [0.29, 0.717) is 41.1 Å². The maximum absolute atomic E-state index is 12.6. The van der Waals surface area contributed by atoms with Gasteiger partial charge in [-0.15, -0.1) is 0 Å². The van der Waals surface area contributed by atoms with Crippen LogP contribution < -0.4 is 0 Å². The van der Waals surface area contributed by atoms with Crippen LogP contribution in [-0.4, -0.2) is 129 Å². The van der Waals surface area contributed by atoms with Gasteiger partial charge in [0, 0.05) is 51.9 Å². The molecule has 0 aromatic heterocycles. The minimum atomic E-state index is -1.01. The third-order valence-electron chi connectivity index (χ3n) is 17.1. The summed E-state index contributed by atoms with van der Waals surface area (Å²) in [5.41, 5.74) is -0.486. The Labute approximate surface area is 309 Å². The van der Waals surface area contributed by atoms with E-state index in [1.54, 1.807) is 7.11 Å².